The lowest BCUT2D eigenvalue weighted by Crippen LogP contribution is -1.98. The van der Waals surface area contributed by atoms with Crippen LogP contribution < -0.4 is 4.74 Å². The van der Waals surface area contributed by atoms with Gasteiger partial charge in [0.05, 0.1) is 10.0 Å². The van der Waals surface area contributed by atoms with Crippen LogP contribution in [0.1, 0.15) is 5.56 Å². The lowest BCUT2D eigenvalue weighted by molar-refractivity contribution is 0.305. The minimum atomic E-state index is -3.99. The Morgan fingerprint density at radius 1 is 1.10 bits per heavy atom. The van der Waals surface area contributed by atoms with Crippen LogP contribution in [0.4, 0.5) is 4.39 Å². The summed E-state index contributed by atoms with van der Waals surface area (Å²) in [5.74, 6) is -0.209. The molecular weight excluding hydrogens is 362 g/mol. The Morgan fingerprint density at radius 3 is 2.43 bits per heavy atom. The first-order valence-electron chi connectivity index (χ1n) is 5.58. The molecule has 0 saturated carbocycles. The lowest BCUT2D eigenvalue weighted by Gasteiger charge is -2.10. The molecule has 0 heterocycles. The first kappa shape index (κ1) is 16.4. The molecule has 2 aromatic carbocycles. The molecule has 0 aromatic heterocycles. The second kappa shape index (κ2) is 6.40. The average molecular weight is 370 g/mol. The third-order valence-corrected chi connectivity index (χ3v) is 4.61. The Balaban J connectivity index is 2.24. The van der Waals surface area contributed by atoms with Crippen molar-refractivity contribution in [1.29, 1.82) is 0 Å². The molecule has 21 heavy (non-hydrogen) atoms. The molecule has 2 rings (SSSR count). The average Bonchev–Trinajstić information content (AvgIpc) is 2.38. The van der Waals surface area contributed by atoms with Gasteiger partial charge in [-0.15, -0.1) is 0 Å². The van der Waals surface area contributed by atoms with Crippen LogP contribution in [-0.2, 0) is 15.7 Å². The fourth-order valence-electron chi connectivity index (χ4n) is 1.60. The zero-order chi connectivity index (χ0) is 15.6. The molecule has 0 N–H and O–H groups in total. The molecule has 2 aromatic rings. The smallest absolute Gasteiger partial charge is 0.262 e. The van der Waals surface area contributed by atoms with Crippen LogP contribution in [-0.4, -0.2) is 8.42 Å². The summed E-state index contributed by atoms with van der Waals surface area (Å²) in [6.45, 7) is 0.0563. The molecule has 0 bridgehead atoms. The van der Waals surface area contributed by atoms with E-state index < -0.39 is 9.05 Å². The van der Waals surface area contributed by atoms with Crippen molar-refractivity contribution in [2.24, 2.45) is 0 Å². The molecule has 0 radical (unpaired) electrons. The molecule has 0 unspecified atom stereocenters. The normalized spacial score (nSPS) is 11.4. The Hall–Kier alpha value is -1.01. The highest BCUT2D eigenvalue weighted by atomic mass is 35.7. The fraction of sp³-hybridized carbons (Fsp3) is 0.0769. The third-order valence-electron chi connectivity index (χ3n) is 2.53. The van der Waals surface area contributed by atoms with Crippen molar-refractivity contribution in [2.45, 2.75) is 11.5 Å². The van der Waals surface area contributed by atoms with Crippen molar-refractivity contribution in [3.63, 3.8) is 0 Å². The van der Waals surface area contributed by atoms with E-state index in [-0.39, 0.29) is 33.1 Å². The van der Waals surface area contributed by atoms with E-state index in [4.69, 9.17) is 38.6 Å². The molecule has 0 amide bonds. The molecule has 3 nitrogen and oxygen atoms in total. The summed E-state index contributed by atoms with van der Waals surface area (Å²) in [5, 5.41) is -0.0707. The molecule has 0 aliphatic rings. The summed E-state index contributed by atoms with van der Waals surface area (Å²) in [7, 11) is 1.23. The monoisotopic (exact) mass is 368 g/mol. The lowest BCUT2D eigenvalue weighted by atomic mass is 10.2. The van der Waals surface area contributed by atoms with E-state index in [0.29, 0.717) is 5.56 Å². The van der Waals surface area contributed by atoms with Crippen LogP contribution >= 0.6 is 33.9 Å². The third kappa shape index (κ3) is 4.23. The molecule has 0 spiro atoms. The van der Waals surface area contributed by atoms with Gasteiger partial charge in [0, 0.05) is 16.7 Å². The quantitative estimate of drug-likeness (QED) is 0.737. The predicted octanol–water partition coefficient (Wildman–Crippen LogP) is 4.64. The Bertz CT molecular complexity index is 778. The highest BCUT2D eigenvalue weighted by Crippen LogP contribution is 2.35. The first-order chi connectivity index (χ1) is 9.77. The number of hydrogen-bond acceptors (Lipinski definition) is 3. The summed E-state index contributed by atoms with van der Waals surface area (Å²) in [4.78, 5) is -0.297. The second-order valence-corrected chi connectivity index (χ2v) is 7.42. The van der Waals surface area contributed by atoms with Gasteiger partial charge >= 0.3 is 0 Å². The maximum atomic E-state index is 13.0. The summed E-state index contributed by atoms with van der Waals surface area (Å²) < 4.78 is 41.0. The van der Waals surface area contributed by atoms with E-state index in [1.807, 2.05) is 0 Å². The zero-order valence-corrected chi connectivity index (χ0v) is 13.4. The van der Waals surface area contributed by atoms with E-state index in [1.165, 1.54) is 18.2 Å². The van der Waals surface area contributed by atoms with Crippen LogP contribution in [0.2, 0.25) is 10.0 Å². The predicted molar refractivity (Wildman–Crippen MR) is 80.2 cm³/mol. The standard InChI is InChI=1S/C13H8Cl3FO3S/c14-10-6-13(21(16,18)19)11(15)5-12(10)20-7-8-2-1-3-9(17)4-8/h1-6H,7H2. The van der Waals surface area contributed by atoms with Gasteiger partial charge in [0.15, 0.2) is 0 Å². The zero-order valence-electron chi connectivity index (χ0n) is 10.3. The Labute approximate surface area is 135 Å². The van der Waals surface area contributed by atoms with E-state index in [1.54, 1.807) is 12.1 Å². The Kier molecular flexibility index (Phi) is 4.99. The first-order valence-corrected chi connectivity index (χ1v) is 8.65. The van der Waals surface area contributed by atoms with Crippen LogP contribution in [0.25, 0.3) is 0 Å². The van der Waals surface area contributed by atoms with E-state index in [0.717, 1.165) is 6.07 Å². The molecule has 0 aliphatic heterocycles. The molecular formula is C13H8Cl3FO3S. The largest absolute Gasteiger partial charge is 0.487 e. The second-order valence-electron chi connectivity index (χ2n) is 4.07. The summed E-state index contributed by atoms with van der Waals surface area (Å²) in [6.07, 6.45) is 0. The van der Waals surface area contributed by atoms with Gasteiger partial charge in [-0.2, -0.15) is 0 Å². The highest BCUT2D eigenvalue weighted by Gasteiger charge is 2.18. The van der Waals surface area contributed by atoms with Gasteiger partial charge in [0.2, 0.25) is 0 Å². The van der Waals surface area contributed by atoms with E-state index >= 15 is 0 Å². The summed E-state index contributed by atoms with van der Waals surface area (Å²) in [5.41, 5.74) is 0.594. The van der Waals surface area contributed by atoms with Crippen molar-refractivity contribution < 1.29 is 17.5 Å². The van der Waals surface area contributed by atoms with E-state index in [9.17, 15) is 12.8 Å². The molecule has 112 valence electrons. The van der Waals surface area contributed by atoms with Crippen molar-refractivity contribution in [1.82, 2.24) is 0 Å². The molecule has 0 saturated heterocycles. The number of ether oxygens (including phenoxy) is 1. The number of halogens is 4. The topological polar surface area (TPSA) is 43.4 Å². The van der Waals surface area contributed by atoms with Gasteiger partial charge in [-0.25, -0.2) is 12.8 Å². The van der Waals surface area contributed by atoms with Crippen LogP contribution in [0.5, 0.6) is 5.75 Å². The summed E-state index contributed by atoms with van der Waals surface area (Å²) >= 11 is 11.8. The van der Waals surface area contributed by atoms with Crippen LogP contribution in [0.15, 0.2) is 41.3 Å². The maximum absolute atomic E-state index is 13.0. The van der Waals surface area contributed by atoms with Gasteiger partial charge in [0.1, 0.15) is 23.1 Å². The van der Waals surface area contributed by atoms with Crippen molar-refractivity contribution in [3.05, 3.63) is 57.8 Å². The van der Waals surface area contributed by atoms with Gasteiger partial charge < -0.3 is 4.74 Å². The van der Waals surface area contributed by atoms with Gasteiger partial charge in [-0.1, -0.05) is 35.3 Å². The van der Waals surface area contributed by atoms with Crippen LogP contribution in [0.3, 0.4) is 0 Å². The summed E-state index contributed by atoms with van der Waals surface area (Å²) in [6, 6.07) is 8.20. The fourth-order valence-corrected chi connectivity index (χ4v) is 3.39. The van der Waals surface area contributed by atoms with Gasteiger partial charge in [-0.3, -0.25) is 0 Å². The van der Waals surface area contributed by atoms with Crippen LogP contribution in [0, 0.1) is 5.82 Å². The Morgan fingerprint density at radius 2 is 1.81 bits per heavy atom. The van der Waals surface area contributed by atoms with Gasteiger partial charge in [-0.05, 0) is 23.8 Å². The number of rotatable bonds is 4. The SMILES string of the molecule is O=S(=O)(Cl)c1cc(Cl)c(OCc2cccc(F)c2)cc1Cl. The minimum Gasteiger partial charge on any atom is -0.487 e. The molecule has 8 heteroatoms. The van der Waals surface area contributed by atoms with E-state index in [2.05, 4.69) is 0 Å². The van der Waals surface area contributed by atoms with Crippen molar-refractivity contribution in [2.75, 3.05) is 0 Å². The maximum Gasteiger partial charge on any atom is 0.262 e. The van der Waals surface area contributed by atoms with Gasteiger partial charge in [0.25, 0.3) is 9.05 Å². The number of benzene rings is 2. The molecule has 0 atom stereocenters. The molecule has 0 fully saturated rings. The highest BCUT2D eigenvalue weighted by molar-refractivity contribution is 8.13. The van der Waals surface area contributed by atoms with Crippen molar-refractivity contribution in [3.8, 4) is 5.75 Å². The molecule has 0 aliphatic carbocycles. The minimum absolute atomic E-state index is 0.0371. The van der Waals surface area contributed by atoms with Crippen molar-refractivity contribution >= 4 is 42.9 Å². The number of hydrogen-bond donors (Lipinski definition) is 0.